The molecule has 0 bridgehead atoms. The minimum Gasteiger partial charge on any atom is -0.356 e. The predicted octanol–water partition coefficient (Wildman–Crippen LogP) is 4.23. The van der Waals surface area contributed by atoms with Crippen LogP contribution in [0.25, 0.3) is 11.1 Å². The van der Waals surface area contributed by atoms with E-state index in [-0.39, 0.29) is 17.7 Å². The minimum absolute atomic E-state index is 0.0747. The van der Waals surface area contributed by atoms with Gasteiger partial charge in [0.15, 0.2) is 0 Å². The Morgan fingerprint density at radius 1 is 1.13 bits per heavy atom. The Hall–Kier alpha value is -2.69. The van der Waals surface area contributed by atoms with Gasteiger partial charge in [-0.15, -0.1) is 0 Å². The lowest BCUT2D eigenvalue weighted by Crippen LogP contribution is -2.55. The highest BCUT2D eigenvalue weighted by Crippen LogP contribution is 2.37. The van der Waals surface area contributed by atoms with Crippen LogP contribution in [0.2, 0.25) is 0 Å². The predicted molar refractivity (Wildman–Crippen MR) is 122 cm³/mol. The molecule has 2 fully saturated rings. The SMILES string of the molecule is CCNC(=O)[C@@]1(Cc2cccc(-c3cccnc3)c2)CCCN(C(=O)C2CCCC2)C1. The molecule has 5 heteroatoms. The van der Waals surface area contributed by atoms with Crippen LogP contribution in [0.15, 0.2) is 48.8 Å². The van der Waals surface area contributed by atoms with Crippen molar-refractivity contribution in [3.8, 4) is 11.1 Å². The number of benzene rings is 1. The second-order valence-electron chi connectivity index (χ2n) is 9.10. The largest absolute Gasteiger partial charge is 0.356 e. The fourth-order valence-electron chi connectivity index (χ4n) is 5.29. The molecule has 2 aromatic rings. The molecule has 2 amide bonds. The molecular formula is C26H33N3O2. The third kappa shape index (κ3) is 4.81. The van der Waals surface area contributed by atoms with Crippen LogP contribution in [0.1, 0.15) is 51.0 Å². The van der Waals surface area contributed by atoms with Crippen LogP contribution < -0.4 is 5.32 Å². The van der Waals surface area contributed by atoms with Crippen molar-refractivity contribution in [3.63, 3.8) is 0 Å². The van der Waals surface area contributed by atoms with E-state index in [2.05, 4.69) is 28.5 Å². The number of hydrogen-bond acceptors (Lipinski definition) is 3. The van der Waals surface area contributed by atoms with Gasteiger partial charge < -0.3 is 10.2 Å². The molecule has 1 atom stereocenters. The Labute approximate surface area is 185 Å². The summed E-state index contributed by atoms with van der Waals surface area (Å²) in [6.45, 7) is 3.85. The van der Waals surface area contributed by atoms with Crippen LogP contribution in [0.5, 0.6) is 0 Å². The Bertz CT molecular complexity index is 908. The van der Waals surface area contributed by atoms with E-state index in [1.165, 1.54) is 0 Å². The van der Waals surface area contributed by atoms with Crippen molar-refractivity contribution in [3.05, 3.63) is 54.4 Å². The van der Waals surface area contributed by atoms with Gasteiger partial charge in [0.25, 0.3) is 0 Å². The van der Waals surface area contributed by atoms with Gasteiger partial charge in [0.1, 0.15) is 0 Å². The van der Waals surface area contributed by atoms with E-state index in [1.807, 2.05) is 36.2 Å². The Morgan fingerprint density at radius 3 is 2.68 bits per heavy atom. The lowest BCUT2D eigenvalue weighted by atomic mass is 9.73. The van der Waals surface area contributed by atoms with Gasteiger partial charge in [-0.2, -0.15) is 0 Å². The number of carbonyl (C=O) groups is 2. The second-order valence-corrected chi connectivity index (χ2v) is 9.10. The quantitative estimate of drug-likeness (QED) is 0.762. The van der Waals surface area contributed by atoms with E-state index in [0.29, 0.717) is 19.5 Å². The van der Waals surface area contributed by atoms with Crippen LogP contribution in [0.3, 0.4) is 0 Å². The maximum atomic E-state index is 13.3. The molecule has 1 saturated carbocycles. The number of aromatic nitrogens is 1. The highest BCUT2D eigenvalue weighted by Gasteiger charge is 2.44. The third-order valence-corrected chi connectivity index (χ3v) is 6.88. The number of carbonyl (C=O) groups excluding carboxylic acids is 2. The maximum Gasteiger partial charge on any atom is 0.228 e. The first-order chi connectivity index (χ1) is 15.1. The molecule has 1 saturated heterocycles. The van der Waals surface area contributed by atoms with E-state index in [0.717, 1.165) is 61.8 Å². The smallest absolute Gasteiger partial charge is 0.228 e. The standard InChI is InChI=1S/C26H33N3O2/c1-2-28-25(31)26(13-7-15-29(19-26)24(30)21-9-3-4-10-21)17-20-8-5-11-22(16-20)23-12-6-14-27-18-23/h5-6,8,11-12,14,16,18,21H,2-4,7,9-10,13,15,17,19H2,1H3,(H,28,31)/t26-/m1/s1. The summed E-state index contributed by atoms with van der Waals surface area (Å²) < 4.78 is 0. The summed E-state index contributed by atoms with van der Waals surface area (Å²) in [6.07, 6.45) is 10.2. The summed E-state index contributed by atoms with van der Waals surface area (Å²) in [4.78, 5) is 32.7. The molecular weight excluding hydrogens is 386 g/mol. The lowest BCUT2D eigenvalue weighted by molar-refractivity contribution is -0.144. The summed E-state index contributed by atoms with van der Waals surface area (Å²) in [6, 6.07) is 12.4. The fraction of sp³-hybridized carbons (Fsp3) is 0.500. The monoisotopic (exact) mass is 419 g/mol. The molecule has 2 aliphatic rings. The molecule has 4 rings (SSSR count). The van der Waals surface area contributed by atoms with E-state index in [4.69, 9.17) is 0 Å². The highest BCUT2D eigenvalue weighted by molar-refractivity contribution is 5.85. The van der Waals surface area contributed by atoms with Crippen molar-refractivity contribution in [2.24, 2.45) is 11.3 Å². The lowest BCUT2D eigenvalue weighted by Gasteiger charge is -2.42. The van der Waals surface area contributed by atoms with Gasteiger partial charge in [0, 0.05) is 37.9 Å². The Balaban J connectivity index is 1.59. The first-order valence-corrected chi connectivity index (χ1v) is 11.7. The average Bonchev–Trinajstić information content (AvgIpc) is 3.35. The number of hydrogen-bond donors (Lipinski definition) is 1. The number of rotatable bonds is 6. The summed E-state index contributed by atoms with van der Waals surface area (Å²) in [5, 5.41) is 3.06. The van der Waals surface area contributed by atoms with Crippen LogP contribution in [-0.2, 0) is 16.0 Å². The van der Waals surface area contributed by atoms with Crippen molar-refractivity contribution in [1.29, 1.82) is 0 Å². The van der Waals surface area contributed by atoms with Crippen LogP contribution in [0, 0.1) is 11.3 Å². The van der Waals surface area contributed by atoms with Crippen LogP contribution in [-0.4, -0.2) is 41.3 Å². The summed E-state index contributed by atoms with van der Waals surface area (Å²) in [7, 11) is 0. The number of piperidine rings is 1. The van der Waals surface area contributed by atoms with Crippen molar-refractivity contribution in [2.75, 3.05) is 19.6 Å². The van der Waals surface area contributed by atoms with Crippen molar-refractivity contribution >= 4 is 11.8 Å². The first-order valence-electron chi connectivity index (χ1n) is 11.7. The first kappa shape index (κ1) is 21.5. The van der Waals surface area contributed by atoms with Crippen molar-refractivity contribution in [2.45, 2.75) is 51.9 Å². The van der Waals surface area contributed by atoms with Gasteiger partial charge in [-0.3, -0.25) is 14.6 Å². The molecule has 2 heterocycles. The molecule has 1 N–H and O–H groups in total. The molecule has 0 unspecified atom stereocenters. The van der Waals surface area contributed by atoms with E-state index >= 15 is 0 Å². The molecule has 1 aliphatic heterocycles. The zero-order valence-corrected chi connectivity index (χ0v) is 18.5. The van der Waals surface area contributed by atoms with E-state index < -0.39 is 5.41 Å². The molecule has 1 aliphatic carbocycles. The van der Waals surface area contributed by atoms with Crippen molar-refractivity contribution < 1.29 is 9.59 Å². The number of amides is 2. The Kier molecular flexibility index (Phi) is 6.69. The third-order valence-electron chi connectivity index (χ3n) is 6.88. The van der Waals surface area contributed by atoms with Gasteiger partial charge in [-0.05, 0) is 61.8 Å². The number of likely N-dealkylation sites (tertiary alicyclic amines) is 1. The average molecular weight is 420 g/mol. The van der Waals surface area contributed by atoms with E-state index in [9.17, 15) is 9.59 Å². The molecule has 164 valence electrons. The second kappa shape index (κ2) is 9.63. The fourth-order valence-corrected chi connectivity index (χ4v) is 5.29. The van der Waals surface area contributed by atoms with Gasteiger partial charge >= 0.3 is 0 Å². The molecule has 0 spiro atoms. The van der Waals surface area contributed by atoms with Gasteiger partial charge in [0.05, 0.1) is 5.41 Å². The molecule has 0 radical (unpaired) electrons. The van der Waals surface area contributed by atoms with Crippen LogP contribution in [0.4, 0.5) is 0 Å². The normalized spacial score (nSPS) is 21.8. The highest BCUT2D eigenvalue weighted by atomic mass is 16.2. The number of nitrogens with one attached hydrogen (secondary N) is 1. The molecule has 1 aromatic heterocycles. The number of pyridine rings is 1. The summed E-state index contributed by atoms with van der Waals surface area (Å²) in [5.74, 6) is 0.486. The summed E-state index contributed by atoms with van der Waals surface area (Å²) >= 11 is 0. The van der Waals surface area contributed by atoms with Gasteiger partial charge in [-0.1, -0.05) is 43.2 Å². The van der Waals surface area contributed by atoms with E-state index in [1.54, 1.807) is 6.20 Å². The number of nitrogens with zero attached hydrogens (tertiary/aromatic N) is 2. The van der Waals surface area contributed by atoms with Crippen molar-refractivity contribution in [1.82, 2.24) is 15.2 Å². The van der Waals surface area contributed by atoms with Gasteiger partial charge in [0.2, 0.25) is 11.8 Å². The molecule has 5 nitrogen and oxygen atoms in total. The zero-order valence-electron chi connectivity index (χ0n) is 18.5. The maximum absolute atomic E-state index is 13.3. The van der Waals surface area contributed by atoms with Crippen LogP contribution >= 0.6 is 0 Å². The molecule has 31 heavy (non-hydrogen) atoms. The zero-order chi connectivity index (χ0) is 21.7. The minimum atomic E-state index is -0.573. The Morgan fingerprint density at radius 2 is 1.94 bits per heavy atom. The summed E-state index contributed by atoms with van der Waals surface area (Å²) in [5.41, 5.74) is 2.73. The molecule has 1 aromatic carbocycles. The topological polar surface area (TPSA) is 62.3 Å². The van der Waals surface area contributed by atoms with Gasteiger partial charge in [-0.25, -0.2) is 0 Å².